The number of anilines is 3. The molecule has 2 aromatic heterocycles. The predicted molar refractivity (Wildman–Crippen MR) is 165 cm³/mol. The summed E-state index contributed by atoms with van der Waals surface area (Å²) in [6, 6.07) is 11.0. The number of benzene rings is 1. The van der Waals surface area contributed by atoms with Gasteiger partial charge in [-0.25, -0.2) is 0 Å². The molecule has 9 heteroatoms. The van der Waals surface area contributed by atoms with Crippen LogP contribution in [-0.4, -0.2) is 75.0 Å². The Hall–Kier alpha value is -3.59. The lowest BCUT2D eigenvalue weighted by atomic mass is 9.66. The number of hydrogen-bond donors (Lipinski definition) is 2. The Kier molecular flexibility index (Phi) is 6.08. The highest BCUT2D eigenvalue weighted by atomic mass is 16.2. The Morgan fingerprint density at radius 2 is 1.88 bits per heavy atom. The number of nitrogens with zero attached hydrogens (tertiary/aromatic N) is 6. The molecule has 1 aromatic carbocycles. The van der Waals surface area contributed by atoms with Crippen molar-refractivity contribution in [1.82, 2.24) is 24.3 Å². The van der Waals surface area contributed by atoms with E-state index in [-0.39, 0.29) is 22.8 Å². The maximum absolute atomic E-state index is 14.5. The van der Waals surface area contributed by atoms with Crippen molar-refractivity contribution < 1.29 is 4.79 Å². The zero-order valence-corrected chi connectivity index (χ0v) is 24.8. The lowest BCUT2D eigenvalue weighted by Crippen LogP contribution is -2.53. The van der Waals surface area contributed by atoms with Crippen molar-refractivity contribution in [3.05, 3.63) is 47.7 Å². The van der Waals surface area contributed by atoms with E-state index in [1.807, 2.05) is 11.0 Å². The van der Waals surface area contributed by atoms with Crippen molar-refractivity contribution >= 4 is 40.1 Å². The Labute approximate surface area is 242 Å². The van der Waals surface area contributed by atoms with Crippen molar-refractivity contribution in [2.75, 3.05) is 55.2 Å². The molecular weight excluding hydrogens is 512 g/mol. The average Bonchev–Trinajstić information content (AvgIpc) is 3.30. The molecule has 2 atom stereocenters. The summed E-state index contributed by atoms with van der Waals surface area (Å²) in [7, 11) is 0. The van der Waals surface area contributed by atoms with Crippen LogP contribution in [-0.2, 0) is 11.2 Å². The highest BCUT2D eigenvalue weighted by Crippen LogP contribution is 2.57. The summed E-state index contributed by atoms with van der Waals surface area (Å²) in [5.74, 6) is 1.91. The fourth-order valence-electron chi connectivity index (χ4n) is 7.80. The van der Waals surface area contributed by atoms with E-state index in [0.717, 1.165) is 49.7 Å². The molecule has 0 saturated carbocycles. The van der Waals surface area contributed by atoms with E-state index in [1.54, 1.807) is 0 Å². The van der Waals surface area contributed by atoms with Crippen LogP contribution in [0.2, 0.25) is 0 Å². The number of para-hydroxylation sites is 1. The molecule has 2 fully saturated rings. The third-order valence-electron chi connectivity index (χ3n) is 9.59. The van der Waals surface area contributed by atoms with Gasteiger partial charge in [0.15, 0.2) is 0 Å². The summed E-state index contributed by atoms with van der Waals surface area (Å²) in [5, 5.41) is 4.71. The third kappa shape index (κ3) is 4.28. The molecule has 7 rings (SSSR count). The maximum Gasteiger partial charge on any atom is 0.270 e. The summed E-state index contributed by atoms with van der Waals surface area (Å²) >= 11 is 0. The standard InChI is InChI=1S/C32H42N8O/c1-5-32-12-8-13-38-14-11-22-21-9-6-7-10-23(21)40(27(22)28(32)38)24(20-32)29(41)39-17-15-37(16-18-39)26-19-25(34-30(33)35-26)36-31(2,3)4/h6-7,9-10,19-20,28H,5,8,11-18H2,1-4H3,(H3,33,34,35,36)/t28-,32+/m1/s1. The first-order chi connectivity index (χ1) is 19.7. The van der Waals surface area contributed by atoms with E-state index >= 15 is 0 Å². The lowest BCUT2D eigenvalue weighted by molar-refractivity contribution is -0.125. The molecule has 1 amide bonds. The second-order valence-electron chi connectivity index (χ2n) is 13.2. The highest BCUT2D eigenvalue weighted by Gasteiger charge is 2.51. The molecule has 9 nitrogen and oxygen atoms in total. The summed E-state index contributed by atoms with van der Waals surface area (Å²) in [6.07, 6.45) is 6.79. The van der Waals surface area contributed by atoms with Crippen LogP contribution in [0.5, 0.6) is 0 Å². The van der Waals surface area contributed by atoms with Gasteiger partial charge in [0, 0.05) is 60.8 Å². The number of aromatic nitrogens is 3. The molecule has 0 spiro atoms. The first-order valence-corrected chi connectivity index (χ1v) is 15.2. The van der Waals surface area contributed by atoms with E-state index in [4.69, 9.17) is 5.73 Å². The van der Waals surface area contributed by atoms with Crippen molar-refractivity contribution in [2.24, 2.45) is 5.41 Å². The Bertz CT molecular complexity index is 1540. The Balaban J connectivity index is 1.20. The number of carbonyl (C=O) groups excluding carboxylic acids is 1. The largest absolute Gasteiger partial charge is 0.368 e. The maximum atomic E-state index is 14.5. The zero-order chi connectivity index (χ0) is 28.5. The number of carbonyl (C=O) groups is 1. The lowest BCUT2D eigenvalue weighted by Gasteiger charge is -2.53. The highest BCUT2D eigenvalue weighted by molar-refractivity contribution is 6.16. The minimum Gasteiger partial charge on any atom is -0.368 e. The Morgan fingerprint density at radius 1 is 1.10 bits per heavy atom. The molecule has 0 aliphatic carbocycles. The molecular formula is C32H42N8O. The second kappa shape index (κ2) is 9.48. The summed E-state index contributed by atoms with van der Waals surface area (Å²) in [6.45, 7) is 13.5. The average molecular weight is 555 g/mol. The number of nitrogens with one attached hydrogen (secondary N) is 1. The van der Waals surface area contributed by atoms with Gasteiger partial charge in [0.1, 0.15) is 17.3 Å². The number of piperidine rings is 1. The molecule has 2 saturated heterocycles. The molecule has 216 valence electrons. The monoisotopic (exact) mass is 554 g/mol. The van der Waals surface area contributed by atoms with E-state index in [0.29, 0.717) is 32.2 Å². The predicted octanol–water partition coefficient (Wildman–Crippen LogP) is 4.52. The zero-order valence-electron chi connectivity index (χ0n) is 24.8. The fourth-order valence-corrected chi connectivity index (χ4v) is 7.80. The van der Waals surface area contributed by atoms with Crippen molar-refractivity contribution in [3.63, 3.8) is 0 Å². The van der Waals surface area contributed by atoms with Crippen molar-refractivity contribution in [3.8, 4) is 0 Å². The fraction of sp³-hybridized carbons (Fsp3) is 0.531. The van der Waals surface area contributed by atoms with Gasteiger partial charge in [0.05, 0.1) is 11.6 Å². The smallest absolute Gasteiger partial charge is 0.270 e. The first-order valence-electron chi connectivity index (χ1n) is 15.2. The minimum atomic E-state index is -0.136. The van der Waals surface area contributed by atoms with E-state index in [2.05, 4.69) is 87.7 Å². The van der Waals surface area contributed by atoms with Gasteiger partial charge in [-0.15, -0.1) is 0 Å². The topological polar surface area (TPSA) is 95.5 Å². The van der Waals surface area contributed by atoms with Gasteiger partial charge in [-0.3, -0.25) is 9.69 Å². The number of nitrogen functional groups attached to an aromatic ring is 1. The van der Waals surface area contributed by atoms with Crippen LogP contribution in [0.25, 0.3) is 16.6 Å². The van der Waals surface area contributed by atoms with Crippen LogP contribution in [0.4, 0.5) is 17.6 Å². The SMILES string of the molecule is CC[C@@]12C=C(C(=O)N3CCN(c4cc(NC(C)(C)C)nc(N)n4)CC3)n3c4c(c5ccccc53)CCN(CCC1)[C@H]42. The van der Waals surface area contributed by atoms with Crippen LogP contribution in [0.15, 0.2) is 36.4 Å². The molecule has 4 aliphatic rings. The first kappa shape index (κ1) is 26.3. The molecule has 3 aromatic rings. The molecule has 4 aliphatic heterocycles. The van der Waals surface area contributed by atoms with Gasteiger partial charge in [-0.1, -0.05) is 25.1 Å². The van der Waals surface area contributed by atoms with Crippen LogP contribution >= 0.6 is 0 Å². The Morgan fingerprint density at radius 3 is 2.63 bits per heavy atom. The van der Waals surface area contributed by atoms with E-state index in [1.165, 1.54) is 28.6 Å². The number of piperazine rings is 1. The number of amides is 1. The molecule has 0 radical (unpaired) electrons. The van der Waals surface area contributed by atoms with Gasteiger partial charge in [0.25, 0.3) is 5.91 Å². The third-order valence-corrected chi connectivity index (χ3v) is 9.59. The van der Waals surface area contributed by atoms with Gasteiger partial charge < -0.3 is 25.4 Å². The van der Waals surface area contributed by atoms with Crippen LogP contribution in [0.3, 0.4) is 0 Å². The van der Waals surface area contributed by atoms with Crippen LogP contribution < -0.4 is 16.0 Å². The van der Waals surface area contributed by atoms with Gasteiger partial charge in [-0.2, -0.15) is 9.97 Å². The molecule has 0 unspecified atom stereocenters. The van der Waals surface area contributed by atoms with Crippen molar-refractivity contribution in [1.29, 1.82) is 0 Å². The van der Waals surface area contributed by atoms with Crippen molar-refractivity contribution in [2.45, 2.75) is 65.0 Å². The molecule has 3 N–H and O–H groups in total. The van der Waals surface area contributed by atoms with Crippen LogP contribution in [0.1, 0.15) is 64.3 Å². The molecule has 41 heavy (non-hydrogen) atoms. The van der Waals surface area contributed by atoms with Gasteiger partial charge >= 0.3 is 0 Å². The number of rotatable bonds is 4. The normalized spacial score (nSPS) is 24.3. The van der Waals surface area contributed by atoms with Gasteiger partial charge in [0.2, 0.25) is 5.95 Å². The van der Waals surface area contributed by atoms with Gasteiger partial charge in [-0.05, 0) is 70.7 Å². The molecule has 0 bridgehead atoms. The quantitative estimate of drug-likeness (QED) is 0.490. The van der Waals surface area contributed by atoms with E-state index < -0.39 is 0 Å². The van der Waals surface area contributed by atoms with E-state index in [9.17, 15) is 4.79 Å². The minimum absolute atomic E-state index is 0.000444. The van der Waals surface area contributed by atoms with Crippen LogP contribution in [0, 0.1) is 5.41 Å². The number of hydrogen-bond acceptors (Lipinski definition) is 7. The summed E-state index contributed by atoms with van der Waals surface area (Å²) in [4.78, 5) is 30.3. The summed E-state index contributed by atoms with van der Waals surface area (Å²) in [5.41, 5.74) is 10.8. The summed E-state index contributed by atoms with van der Waals surface area (Å²) < 4.78 is 2.34. The molecule has 6 heterocycles. The number of nitrogens with two attached hydrogens (primary N) is 1. The number of fused-ring (bicyclic) bond motifs is 3. The second-order valence-corrected chi connectivity index (χ2v) is 13.2.